The van der Waals surface area contributed by atoms with Crippen LogP contribution >= 0.6 is 0 Å². The summed E-state index contributed by atoms with van der Waals surface area (Å²) in [7, 11) is 0. The quantitative estimate of drug-likeness (QED) is 0.601. The van der Waals surface area contributed by atoms with Gasteiger partial charge in [-0.25, -0.2) is 0 Å². The summed E-state index contributed by atoms with van der Waals surface area (Å²) in [5, 5.41) is 2.59. The Morgan fingerprint density at radius 2 is 1.90 bits per heavy atom. The maximum atomic E-state index is 12.3. The zero-order valence-corrected chi connectivity index (χ0v) is 16.3. The van der Waals surface area contributed by atoms with Crippen molar-refractivity contribution in [3.05, 3.63) is 59.7 Å². The van der Waals surface area contributed by atoms with Crippen molar-refractivity contribution in [2.75, 3.05) is 23.4 Å². The van der Waals surface area contributed by atoms with Gasteiger partial charge >= 0.3 is 5.97 Å². The Bertz CT molecular complexity index is 969. The first-order chi connectivity index (χ1) is 13.8. The first kappa shape index (κ1) is 20.3. The molecule has 1 aliphatic heterocycles. The molecule has 1 N–H and O–H groups in total. The van der Waals surface area contributed by atoms with Gasteiger partial charge in [-0.2, -0.15) is 0 Å². The van der Waals surface area contributed by atoms with Gasteiger partial charge in [0.2, 0.25) is 5.91 Å². The van der Waals surface area contributed by atoms with Gasteiger partial charge in [-0.3, -0.25) is 19.2 Å². The predicted octanol–water partition coefficient (Wildman–Crippen LogP) is 2.73. The highest BCUT2D eigenvalue weighted by Gasteiger charge is 2.36. The molecule has 2 amide bonds. The van der Waals surface area contributed by atoms with Crippen LogP contribution in [-0.2, 0) is 19.1 Å². The molecule has 0 aromatic heterocycles. The summed E-state index contributed by atoms with van der Waals surface area (Å²) in [6.07, 6.45) is 0.0506. The highest BCUT2D eigenvalue weighted by molar-refractivity contribution is 6.00. The van der Waals surface area contributed by atoms with E-state index in [9.17, 15) is 19.2 Å². The maximum Gasteiger partial charge on any atom is 0.311 e. The lowest BCUT2D eigenvalue weighted by Gasteiger charge is -2.17. The third-order valence-corrected chi connectivity index (χ3v) is 4.67. The van der Waals surface area contributed by atoms with E-state index >= 15 is 0 Å². The van der Waals surface area contributed by atoms with E-state index in [-0.39, 0.29) is 24.7 Å². The monoisotopic (exact) mass is 394 g/mol. The largest absolute Gasteiger partial charge is 0.455 e. The van der Waals surface area contributed by atoms with E-state index in [0.29, 0.717) is 11.3 Å². The van der Waals surface area contributed by atoms with Crippen LogP contribution in [0.1, 0.15) is 29.3 Å². The summed E-state index contributed by atoms with van der Waals surface area (Å²) >= 11 is 0. The number of hydrogen-bond donors (Lipinski definition) is 1. The standard InChI is InChI=1S/C22H22N2O5/c1-14-5-3-8-19(9-14)24-12-17(11-21(24)27)22(28)29-13-20(26)23-18-7-4-6-16(10-18)15(2)25/h3-10,17H,11-13H2,1-2H3,(H,23,26)/t17-/m0/s1. The van der Waals surface area contributed by atoms with Gasteiger partial charge < -0.3 is 15.0 Å². The van der Waals surface area contributed by atoms with E-state index in [1.54, 1.807) is 29.2 Å². The molecule has 2 aromatic carbocycles. The molecule has 0 spiro atoms. The molecule has 150 valence electrons. The van der Waals surface area contributed by atoms with Crippen LogP contribution in [0, 0.1) is 12.8 Å². The molecule has 0 bridgehead atoms. The van der Waals surface area contributed by atoms with E-state index in [1.165, 1.54) is 6.92 Å². The van der Waals surface area contributed by atoms with Crippen molar-refractivity contribution in [1.29, 1.82) is 0 Å². The summed E-state index contributed by atoms with van der Waals surface area (Å²) in [5.74, 6) is -1.98. The van der Waals surface area contributed by atoms with Crippen LogP contribution in [0.4, 0.5) is 11.4 Å². The zero-order chi connectivity index (χ0) is 21.0. The third kappa shape index (κ3) is 5.07. The van der Waals surface area contributed by atoms with Gasteiger partial charge in [0.05, 0.1) is 5.92 Å². The van der Waals surface area contributed by atoms with Gasteiger partial charge in [0.25, 0.3) is 5.91 Å². The fraction of sp³-hybridized carbons (Fsp3) is 0.273. The van der Waals surface area contributed by atoms with Crippen LogP contribution in [0.25, 0.3) is 0 Å². The number of nitrogens with zero attached hydrogens (tertiary/aromatic N) is 1. The molecular weight excluding hydrogens is 372 g/mol. The van der Waals surface area contributed by atoms with Crippen LogP contribution in [0.15, 0.2) is 48.5 Å². The number of benzene rings is 2. The minimum atomic E-state index is -0.614. The molecule has 7 heteroatoms. The Hall–Kier alpha value is -3.48. The number of amides is 2. The molecule has 1 saturated heterocycles. The van der Waals surface area contributed by atoms with Gasteiger partial charge in [0, 0.05) is 29.9 Å². The lowest BCUT2D eigenvalue weighted by atomic mass is 10.1. The molecule has 1 atom stereocenters. The minimum Gasteiger partial charge on any atom is -0.455 e. The number of anilines is 2. The summed E-state index contributed by atoms with van der Waals surface area (Å²) in [4.78, 5) is 49.6. The molecule has 7 nitrogen and oxygen atoms in total. The van der Waals surface area contributed by atoms with Crippen molar-refractivity contribution in [3.8, 4) is 0 Å². The Labute approximate surface area is 168 Å². The van der Waals surface area contributed by atoms with E-state index in [4.69, 9.17) is 4.74 Å². The molecule has 3 rings (SSSR count). The number of ketones is 1. The van der Waals surface area contributed by atoms with Crippen molar-refractivity contribution in [3.63, 3.8) is 0 Å². The van der Waals surface area contributed by atoms with Crippen molar-refractivity contribution < 1.29 is 23.9 Å². The van der Waals surface area contributed by atoms with Crippen LogP contribution in [-0.4, -0.2) is 36.7 Å². The fourth-order valence-corrected chi connectivity index (χ4v) is 3.18. The summed E-state index contributed by atoms with van der Waals surface area (Å²) in [5.41, 5.74) is 2.68. The molecule has 29 heavy (non-hydrogen) atoms. The van der Waals surface area contributed by atoms with Gasteiger partial charge in [0.1, 0.15) is 0 Å². The maximum absolute atomic E-state index is 12.3. The normalized spacial score (nSPS) is 15.9. The van der Waals surface area contributed by atoms with Crippen LogP contribution < -0.4 is 10.2 Å². The highest BCUT2D eigenvalue weighted by atomic mass is 16.5. The van der Waals surface area contributed by atoms with Gasteiger partial charge in [0.15, 0.2) is 12.4 Å². The number of esters is 1. The van der Waals surface area contributed by atoms with Crippen LogP contribution in [0.3, 0.4) is 0 Å². The number of Topliss-reactive ketones (excluding diaryl/α,β-unsaturated/α-hetero) is 1. The van der Waals surface area contributed by atoms with Crippen molar-refractivity contribution in [1.82, 2.24) is 0 Å². The lowest BCUT2D eigenvalue weighted by Crippen LogP contribution is -2.28. The first-order valence-electron chi connectivity index (χ1n) is 9.28. The smallest absolute Gasteiger partial charge is 0.311 e. The number of ether oxygens (including phenoxy) is 1. The van der Waals surface area contributed by atoms with Gasteiger partial charge in [-0.05, 0) is 43.7 Å². The molecule has 2 aromatic rings. The van der Waals surface area contributed by atoms with E-state index < -0.39 is 24.4 Å². The molecule has 1 aliphatic rings. The van der Waals surface area contributed by atoms with E-state index in [0.717, 1.165) is 11.3 Å². The zero-order valence-electron chi connectivity index (χ0n) is 16.3. The molecule has 0 saturated carbocycles. The van der Waals surface area contributed by atoms with Crippen molar-refractivity contribution in [2.45, 2.75) is 20.3 Å². The van der Waals surface area contributed by atoms with Crippen molar-refractivity contribution in [2.24, 2.45) is 5.92 Å². The Morgan fingerprint density at radius 3 is 2.62 bits per heavy atom. The number of rotatable bonds is 6. The average Bonchev–Trinajstić information content (AvgIpc) is 3.08. The fourth-order valence-electron chi connectivity index (χ4n) is 3.18. The molecule has 1 fully saturated rings. The molecular formula is C22H22N2O5. The highest BCUT2D eigenvalue weighted by Crippen LogP contribution is 2.26. The summed E-state index contributed by atoms with van der Waals surface area (Å²) in [6.45, 7) is 3.13. The molecule has 1 heterocycles. The number of carbonyl (C=O) groups excluding carboxylic acids is 4. The lowest BCUT2D eigenvalue weighted by molar-refractivity contribution is -0.151. The second-order valence-electron chi connectivity index (χ2n) is 7.04. The minimum absolute atomic E-state index is 0.0506. The average molecular weight is 394 g/mol. The second-order valence-corrected chi connectivity index (χ2v) is 7.04. The molecule has 0 aliphatic carbocycles. The first-order valence-corrected chi connectivity index (χ1v) is 9.28. The third-order valence-electron chi connectivity index (χ3n) is 4.67. The molecule has 0 unspecified atom stereocenters. The number of nitrogens with one attached hydrogen (secondary N) is 1. The Morgan fingerprint density at radius 1 is 1.14 bits per heavy atom. The topological polar surface area (TPSA) is 92.8 Å². The summed E-state index contributed by atoms with van der Waals surface area (Å²) < 4.78 is 5.10. The number of carbonyl (C=O) groups is 4. The van der Waals surface area contributed by atoms with Crippen LogP contribution in [0.5, 0.6) is 0 Å². The van der Waals surface area contributed by atoms with Crippen LogP contribution in [0.2, 0.25) is 0 Å². The second kappa shape index (κ2) is 8.68. The predicted molar refractivity (Wildman–Crippen MR) is 108 cm³/mol. The van der Waals surface area contributed by atoms with E-state index in [1.807, 2.05) is 31.2 Å². The Balaban J connectivity index is 1.53. The van der Waals surface area contributed by atoms with Gasteiger partial charge in [-0.1, -0.05) is 24.3 Å². The SMILES string of the molecule is CC(=O)c1cccc(NC(=O)COC(=O)[C@H]2CC(=O)N(c3cccc(C)c3)C2)c1. The summed E-state index contributed by atoms with van der Waals surface area (Å²) in [6, 6.07) is 14.0. The van der Waals surface area contributed by atoms with Gasteiger partial charge in [-0.15, -0.1) is 0 Å². The number of aryl methyl sites for hydroxylation is 1. The number of hydrogen-bond acceptors (Lipinski definition) is 5. The molecule has 0 radical (unpaired) electrons. The van der Waals surface area contributed by atoms with Crippen molar-refractivity contribution >= 4 is 34.9 Å². The van der Waals surface area contributed by atoms with E-state index in [2.05, 4.69) is 5.32 Å². The Kier molecular flexibility index (Phi) is 6.07.